The number of nitrogens with one attached hydrogen (secondary N) is 2. The lowest BCUT2D eigenvalue weighted by Crippen LogP contribution is -2.38. The molecular weight excluding hydrogens is 352 g/mol. The molecule has 0 bridgehead atoms. The van der Waals surface area contributed by atoms with E-state index in [1.165, 1.54) is 0 Å². The number of hydrogen-bond acceptors (Lipinski definition) is 3. The van der Waals surface area contributed by atoms with Crippen LogP contribution in [0.4, 0.5) is 5.69 Å². The molecule has 0 unspecified atom stereocenters. The summed E-state index contributed by atoms with van der Waals surface area (Å²) in [5.41, 5.74) is 3.07. The lowest BCUT2D eigenvalue weighted by atomic mass is 9.77. The number of rotatable bonds is 4. The SMILES string of the molecule is O=C(NO)c1ccc(NC(=O)C2(c3ccc4ccccc4c3)CCCC2)cc1. The van der Waals surface area contributed by atoms with E-state index in [-0.39, 0.29) is 5.91 Å². The molecule has 0 spiro atoms. The first-order valence-electron chi connectivity index (χ1n) is 9.48. The van der Waals surface area contributed by atoms with Crippen molar-refractivity contribution >= 4 is 28.3 Å². The van der Waals surface area contributed by atoms with Gasteiger partial charge in [0.05, 0.1) is 5.41 Å². The van der Waals surface area contributed by atoms with Crippen molar-refractivity contribution in [3.63, 3.8) is 0 Å². The number of carbonyl (C=O) groups excluding carboxylic acids is 2. The van der Waals surface area contributed by atoms with Crippen LogP contribution in [0.1, 0.15) is 41.6 Å². The molecule has 2 amide bonds. The summed E-state index contributed by atoms with van der Waals surface area (Å²) in [6, 6.07) is 20.9. The van der Waals surface area contributed by atoms with E-state index in [9.17, 15) is 9.59 Å². The van der Waals surface area contributed by atoms with E-state index in [1.54, 1.807) is 29.7 Å². The van der Waals surface area contributed by atoms with Gasteiger partial charge in [-0.1, -0.05) is 55.3 Å². The Labute approximate surface area is 163 Å². The number of anilines is 1. The monoisotopic (exact) mass is 374 g/mol. The molecule has 0 saturated heterocycles. The maximum absolute atomic E-state index is 13.3. The van der Waals surface area contributed by atoms with E-state index in [2.05, 4.69) is 35.6 Å². The van der Waals surface area contributed by atoms with Crippen LogP contribution in [0.5, 0.6) is 0 Å². The highest BCUT2D eigenvalue weighted by Gasteiger charge is 2.42. The van der Waals surface area contributed by atoms with Crippen molar-refractivity contribution in [1.29, 1.82) is 0 Å². The molecule has 3 N–H and O–H groups in total. The van der Waals surface area contributed by atoms with Crippen molar-refractivity contribution in [3.8, 4) is 0 Å². The predicted octanol–water partition coefficient (Wildman–Crippen LogP) is 4.41. The second kappa shape index (κ2) is 7.44. The van der Waals surface area contributed by atoms with Crippen molar-refractivity contribution in [3.05, 3.63) is 77.9 Å². The summed E-state index contributed by atoms with van der Waals surface area (Å²) in [5.74, 6) is -0.596. The third-order valence-electron chi connectivity index (χ3n) is 5.70. The summed E-state index contributed by atoms with van der Waals surface area (Å²) in [5, 5.41) is 14.0. The lowest BCUT2D eigenvalue weighted by molar-refractivity contribution is -0.121. The van der Waals surface area contributed by atoms with Crippen LogP contribution in [0.15, 0.2) is 66.7 Å². The summed E-state index contributed by atoms with van der Waals surface area (Å²) in [7, 11) is 0. The van der Waals surface area contributed by atoms with E-state index in [0.717, 1.165) is 42.0 Å². The van der Waals surface area contributed by atoms with Crippen LogP contribution in [0, 0.1) is 0 Å². The predicted molar refractivity (Wildman–Crippen MR) is 108 cm³/mol. The molecule has 1 aliphatic carbocycles. The van der Waals surface area contributed by atoms with E-state index in [0.29, 0.717) is 11.3 Å². The summed E-state index contributed by atoms with van der Waals surface area (Å²) in [6.07, 6.45) is 3.69. The summed E-state index contributed by atoms with van der Waals surface area (Å²) in [6.45, 7) is 0. The zero-order chi connectivity index (χ0) is 19.6. The molecule has 28 heavy (non-hydrogen) atoms. The molecule has 1 aliphatic rings. The first-order chi connectivity index (χ1) is 13.6. The Morgan fingerprint density at radius 2 is 1.54 bits per heavy atom. The third-order valence-corrected chi connectivity index (χ3v) is 5.70. The van der Waals surface area contributed by atoms with Gasteiger partial charge in [-0.25, -0.2) is 5.48 Å². The number of hydroxylamine groups is 1. The molecule has 0 atom stereocenters. The molecule has 1 saturated carbocycles. The molecule has 0 radical (unpaired) electrons. The van der Waals surface area contributed by atoms with E-state index in [4.69, 9.17) is 5.21 Å². The minimum Gasteiger partial charge on any atom is -0.325 e. The van der Waals surface area contributed by atoms with Gasteiger partial charge < -0.3 is 5.32 Å². The first kappa shape index (κ1) is 18.2. The summed E-state index contributed by atoms with van der Waals surface area (Å²) < 4.78 is 0. The fourth-order valence-electron chi connectivity index (χ4n) is 4.13. The van der Waals surface area contributed by atoms with E-state index in [1.807, 2.05) is 12.1 Å². The smallest absolute Gasteiger partial charge is 0.274 e. The van der Waals surface area contributed by atoms with Crippen LogP contribution in [0.25, 0.3) is 10.8 Å². The maximum atomic E-state index is 13.3. The minimum absolute atomic E-state index is 0.0142. The lowest BCUT2D eigenvalue weighted by Gasteiger charge is -2.28. The second-order valence-electron chi connectivity index (χ2n) is 7.32. The fraction of sp³-hybridized carbons (Fsp3) is 0.217. The van der Waals surface area contributed by atoms with Crippen molar-refractivity contribution in [1.82, 2.24) is 5.48 Å². The van der Waals surface area contributed by atoms with Gasteiger partial charge in [-0.05, 0) is 53.4 Å². The number of benzene rings is 3. The maximum Gasteiger partial charge on any atom is 0.274 e. The average molecular weight is 374 g/mol. The van der Waals surface area contributed by atoms with Crippen molar-refractivity contribution < 1.29 is 14.8 Å². The van der Waals surface area contributed by atoms with Gasteiger partial charge in [0.25, 0.3) is 5.91 Å². The Morgan fingerprint density at radius 3 is 2.21 bits per heavy atom. The van der Waals surface area contributed by atoms with Gasteiger partial charge in [0.15, 0.2) is 0 Å². The third kappa shape index (κ3) is 3.25. The van der Waals surface area contributed by atoms with Gasteiger partial charge >= 0.3 is 0 Å². The van der Waals surface area contributed by atoms with Gasteiger partial charge in [0, 0.05) is 11.3 Å². The molecule has 142 valence electrons. The Hall–Kier alpha value is -3.18. The van der Waals surface area contributed by atoms with E-state index >= 15 is 0 Å². The minimum atomic E-state index is -0.582. The highest BCUT2D eigenvalue weighted by atomic mass is 16.5. The quantitative estimate of drug-likeness (QED) is 0.468. The second-order valence-corrected chi connectivity index (χ2v) is 7.32. The van der Waals surface area contributed by atoms with Gasteiger partial charge in [0.2, 0.25) is 5.91 Å². The zero-order valence-corrected chi connectivity index (χ0v) is 15.4. The standard InChI is InChI=1S/C23H22N2O3/c26-21(25-28)17-8-11-20(12-9-17)24-22(27)23(13-3-4-14-23)19-10-7-16-5-1-2-6-18(16)15-19/h1-2,5-12,15,28H,3-4,13-14H2,(H,24,27)(H,25,26). The first-order valence-corrected chi connectivity index (χ1v) is 9.48. The van der Waals surface area contributed by atoms with Crippen molar-refractivity contribution in [2.24, 2.45) is 0 Å². The van der Waals surface area contributed by atoms with Crippen LogP contribution < -0.4 is 10.8 Å². The highest BCUT2D eigenvalue weighted by molar-refractivity contribution is 6.01. The van der Waals surface area contributed by atoms with Crippen LogP contribution in [-0.2, 0) is 10.2 Å². The van der Waals surface area contributed by atoms with Crippen LogP contribution in [0.2, 0.25) is 0 Å². The Kier molecular flexibility index (Phi) is 4.84. The molecule has 0 aromatic heterocycles. The number of fused-ring (bicyclic) bond motifs is 1. The summed E-state index contributed by atoms with van der Waals surface area (Å²) >= 11 is 0. The normalized spacial score (nSPS) is 15.3. The molecule has 4 rings (SSSR count). The summed E-state index contributed by atoms with van der Waals surface area (Å²) in [4.78, 5) is 24.8. The molecule has 3 aromatic carbocycles. The van der Waals surface area contributed by atoms with Crippen LogP contribution in [0.3, 0.4) is 0 Å². The van der Waals surface area contributed by atoms with E-state index < -0.39 is 11.3 Å². The van der Waals surface area contributed by atoms with Gasteiger partial charge in [-0.3, -0.25) is 14.8 Å². The van der Waals surface area contributed by atoms with Crippen molar-refractivity contribution in [2.75, 3.05) is 5.32 Å². The fourth-order valence-corrected chi connectivity index (χ4v) is 4.13. The van der Waals surface area contributed by atoms with Gasteiger partial charge in [-0.2, -0.15) is 0 Å². The van der Waals surface area contributed by atoms with Gasteiger partial charge in [-0.15, -0.1) is 0 Å². The number of carbonyl (C=O) groups is 2. The molecule has 0 aliphatic heterocycles. The average Bonchev–Trinajstić information content (AvgIpc) is 3.25. The molecule has 1 fully saturated rings. The highest BCUT2D eigenvalue weighted by Crippen LogP contribution is 2.43. The Balaban J connectivity index is 1.63. The Bertz CT molecular complexity index is 1020. The molecule has 5 heteroatoms. The zero-order valence-electron chi connectivity index (χ0n) is 15.4. The molecular formula is C23H22N2O3. The number of hydrogen-bond donors (Lipinski definition) is 3. The topological polar surface area (TPSA) is 78.4 Å². The van der Waals surface area contributed by atoms with Crippen molar-refractivity contribution in [2.45, 2.75) is 31.1 Å². The number of amides is 2. The van der Waals surface area contributed by atoms with Crippen LogP contribution in [-0.4, -0.2) is 17.0 Å². The van der Waals surface area contributed by atoms with Gasteiger partial charge in [0.1, 0.15) is 0 Å². The molecule has 5 nitrogen and oxygen atoms in total. The largest absolute Gasteiger partial charge is 0.325 e. The molecule has 3 aromatic rings. The molecule has 0 heterocycles. The van der Waals surface area contributed by atoms with Crippen LogP contribution >= 0.6 is 0 Å². The Morgan fingerprint density at radius 1 is 0.857 bits per heavy atom.